The summed E-state index contributed by atoms with van der Waals surface area (Å²) in [5.41, 5.74) is 1.34. The molecule has 0 saturated heterocycles. The molecule has 0 aromatic heterocycles. The van der Waals surface area contributed by atoms with Gasteiger partial charge in [-0.1, -0.05) is 25.6 Å². The van der Waals surface area contributed by atoms with Crippen LogP contribution in [0.1, 0.15) is 39.7 Å². The van der Waals surface area contributed by atoms with Crippen LogP contribution in [-0.4, -0.2) is 18.8 Å². The first-order chi connectivity index (χ1) is 9.52. The summed E-state index contributed by atoms with van der Waals surface area (Å²) >= 11 is 0. The van der Waals surface area contributed by atoms with E-state index in [-0.39, 0.29) is 17.9 Å². The SMILES string of the molecule is C=CCOc1ccc(CNC(C)(C)CC)cc1OCC.Cl. The van der Waals surface area contributed by atoms with Crippen LogP contribution in [0.4, 0.5) is 0 Å². The van der Waals surface area contributed by atoms with Crippen molar-refractivity contribution in [2.24, 2.45) is 0 Å². The largest absolute Gasteiger partial charge is 0.490 e. The molecule has 0 heterocycles. The molecule has 0 aliphatic rings. The van der Waals surface area contributed by atoms with E-state index >= 15 is 0 Å². The quantitative estimate of drug-likeness (QED) is 0.687. The maximum atomic E-state index is 5.65. The Balaban J connectivity index is 0.00000400. The summed E-state index contributed by atoms with van der Waals surface area (Å²) in [6, 6.07) is 6.07. The maximum absolute atomic E-state index is 5.65. The van der Waals surface area contributed by atoms with E-state index in [2.05, 4.69) is 38.7 Å². The van der Waals surface area contributed by atoms with Crippen LogP contribution < -0.4 is 14.8 Å². The number of benzene rings is 1. The number of hydrogen-bond acceptors (Lipinski definition) is 3. The van der Waals surface area contributed by atoms with E-state index in [9.17, 15) is 0 Å². The number of rotatable bonds is 9. The first kappa shape index (κ1) is 19.8. The molecule has 0 fully saturated rings. The standard InChI is InChI=1S/C17H27NO2.ClH/c1-6-11-20-15-10-9-14(12-16(15)19-8-3)13-18-17(4,5)7-2;/h6,9-10,12,18H,1,7-8,11,13H2,2-5H3;1H. The third kappa shape index (κ3) is 6.87. The average Bonchev–Trinajstić information content (AvgIpc) is 2.44. The van der Waals surface area contributed by atoms with E-state index in [1.807, 2.05) is 19.1 Å². The second kappa shape index (κ2) is 9.69. The molecule has 1 aromatic rings. The summed E-state index contributed by atoms with van der Waals surface area (Å²) in [7, 11) is 0. The molecule has 1 rings (SSSR count). The number of nitrogens with one attached hydrogen (secondary N) is 1. The van der Waals surface area contributed by atoms with Crippen molar-refractivity contribution < 1.29 is 9.47 Å². The van der Waals surface area contributed by atoms with Crippen molar-refractivity contribution in [2.75, 3.05) is 13.2 Å². The zero-order chi connectivity index (χ0) is 15.0. The van der Waals surface area contributed by atoms with Gasteiger partial charge in [0.1, 0.15) is 6.61 Å². The second-order valence-corrected chi connectivity index (χ2v) is 5.40. The summed E-state index contributed by atoms with van der Waals surface area (Å²) in [6.45, 7) is 14.2. The molecular weight excluding hydrogens is 286 g/mol. The molecule has 0 spiro atoms. The van der Waals surface area contributed by atoms with Gasteiger partial charge in [0.15, 0.2) is 11.5 Å². The average molecular weight is 314 g/mol. The van der Waals surface area contributed by atoms with Gasteiger partial charge in [-0.25, -0.2) is 0 Å². The van der Waals surface area contributed by atoms with Crippen LogP contribution in [0.2, 0.25) is 0 Å². The van der Waals surface area contributed by atoms with Crippen LogP contribution in [0.25, 0.3) is 0 Å². The molecule has 0 radical (unpaired) electrons. The second-order valence-electron chi connectivity index (χ2n) is 5.40. The smallest absolute Gasteiger partial charge is 0.161 e. The molecule has 120 valence electrons. The van der Waals surface area contributed by atoms with Gasteiger partial charge in [-0.15, -0.1) is 12.4 Å². The minimum Gasteiger partial charge on any atom is -0.490 e. The third-order valence-corrected chi connectivity index (χ3v) is 3.32. The molecule has 0 unspecified atom stereocenters. The first-order valence-corrected chi connectivity index (χ1v) is 7.27. The summed E-state index contributed by atoms with van der Waals surface area (Å²) in [5.74, 6) is 1.56. The highest BCUT2D eigenvalue weighted by Crippen LogP contribution is 2.28. The van der Waals surface area contributed by atoms with Gasteiger partial charge in [0.05, 0.1) is 6.61 Å². The fourth-order valence-corrected chi connectivity index (χ4v) is 1.67. The van der Waals surface area contributed by atoms with Gasteiger partial charge in [-0.2, -0.15) is 0 Å². The molecule has 0 aliphatic heterocycles. The number of ether oxygens (including phenoxy) is 2. The lowest BCUT2D eigenvalue weighted by atomic mass is 10.0. The molecule has 1 aromatic carbocycles. The van der Waals surface area contributed by atoms with Crippen molar-refractivity contribution in [1.29, 1.82) is 0 Å². The van der Waals surface area contributed by atoms with Crippen molar-refractivity contribution in [1.82, 2.24) is 5.32 Å². The van der Waals surface area contributed by atoms with Crippen molar-refractivity contribution in [3.05, 3.63) is 36.4 Å². The fraction of sp³-hybridized carbons (Fsp3) is 0.529. The molecule has 0 aliphatic carbocycles. The summed E-state index contributed by atoms with van der Waals surface area (Å²) in [6.07, 6.45) is 2.82. The molecule has 21 heavy (non-hydrogen) atoms. The number of halogens is 1. The molecule has 0 saturated carbocycles. The monoisotopic (exact) mass is 313 g/mol. The lowest BCUT2D eigenvalue weighted by Gasteiger charge is -2.24. The zero-order valence-electron chi connectivity index (χ0n) is 13.6. The molecular formula is C17H28ClNO2. The highest BCUT2D eigenvalue weighted by Gasteiger charge is 2.14. The van der Waals surface area contributed by atoms with Gasteiger partial charge in [-0.05, 0) is 44.9 Å². The van der Waals surface area contributed by atoms with Gasteiger partial charge in [0, 0.05) is 12.1 Å². The fourth-order valence-electron chi connectivity index (χ4n) is 1.67. The zero-order valence-corrected chi connectivity index (χ0v) is 14.4. The Bertz CT molecular complexity index is 433. The van der Waals surface area contributed by atoms with Crippen LogP contribution in [0, 0.1) is 0 Å². The predicted octanol–water partition coefficient (Wildman–Crippen LogP) is 4.35. The van der Waals surface area contributed by atoms with Crippen molar-refractivity contribution >= 4 is 12.4 Å². The maximum Gasteiger partial charge on any atom is 0.161 e. The Hall–Kier alpha value is -1.19. The highest BCUT2D eigenvalue weighted by atomic mass is 35.5. The van der Waals surface area contributed by atoms with Crippen molar-refractivity contribution in [3.63, 3.8) is 0 Å². The Labute approximate surface area is 135 Å². The molecule has 1 N–H and O–H groups in total. The van der Waals surface area contributed by atoms with Crippen molar-refractivity contribution in [2.45, 2.75) is 46.2 Å². The molecule has 4 heteroatoms. The van der Waals surface area contributed by atoms with Gasteiger partial charge in [0.2, 0.25) is 0 Å². The summed E-state index contributed by atoms with van der Waals surface area (Å²) < 4.78 is 11.2. The topological polar surface area (TPSA) is 30.5 Å². The highest BCUT2D eigenvalue weighted by molar-refractivity contribution is 5.85. The van der Waals surface area contributed by atoms with Crippen LogP contribution in [0.15, 0.2) is 30.9 Å². The van der Waals surface area contributed by atoms with Gasteiger partial charge < -0.3 is 14.8 Å². The predicted molar refractivity (Wildman–Crippen MR) is 91.8 cm³/mol. The first-order valence-electron chi connectivity index (χ1n) is 7.27. The molecule has 0 atom stereocenters. The van der Waals surface area contributed by atoms with Crippen molar-refractivity contribution in [3.8, 4) is 11.5 Å². The van der Waals surface area contributed by atoms with E-state index in [1.165, 1.54) is 5.56 Å². The Morgan fingerprint density at radius 1 is 1.19 bits per heavy atom. The Kier molecular flexibility index (Phi) is 9.14. The number of hydrogen-bond donors (Lipinski definition) is 1. The van der Waals surface area contributed by atoms with E-state index < -0.39 is 0 Å². The lowest BCUT2D eigenvalue weighted by Crippen LogP contribution is -2.37. The summed E-state index contributed by atoms with van der Waals surface area (Å²) in [5, 5.41) is 3.54. The summed E-state index contributed by atoms with van der Waals surface area (Å²) in [4.78, 5) is 0. The minimum absolute atomic E-state index is 0. The van der Waals surface area contributed by atoms with Crippen LogP contribution >= 0.6 is 12.4 Å². The van der Waals surface area contributed by atoms with Crippen LogP contribution in [0.5, 0.6) is 11.5 Å². The van der Waals surface area contributed by atoms with E-state index in [1.54, 1.807) is 6.08 Å². The lowest BCUT2D eigenvalue weighted by molar-refractivity contribution is 0.296. The molecule has 0 amide bonds. The molecule has 0 bridgehead atoms. The van der Waals surface area contributed by atoms with Crippen LogP contribution in [0.3, 0.4) is 0 Å². The minimum atomic E-state index is 0. The Morgan fingerprint density at radius 2 is 1.90 bits per heavy atom. The molecule has 3 nitrogen and oxygen atoms in total. The van der Waals surface area contributed by atoms with Crippen LogP contribution in [-0.2, 0) is 6.54 Å². The normalized spacial score (nSPS) is 10.7. The van der Waals surface area contributed by atoms with E-state index in [4.69, 9.17) is 9.47 Å². The third-order valence-electron chi connectivity index (χ3n) is 3.32. The van der Waals surface area contributed by atoms with Gasteiger partial charge in [-0.3, -0.25) is 0 Å². The van der Waals surface area contributed by atoms with E-state index in [0.717, 1.165) is 24.5 Å². The van der Waals surface area contributed by atoms with E-state index in [0.29, 0.717) is 13.2 Å². The Morgan fingerprint density at radius 3 is 2.48 bits per heavy atom. The van der Waals surface area contributed by atoms with Gasteiger partial charge >= 0.3 is 0 Å². The van der Waals surface area contributed by atoms with Gasteiger partial charge in [0.25, 0.3) is 0 Å².